The number of aromatic nitrogens is 1. The van der Waals surface area contributed by atoms with E-state index in [1.807, 2.05) is 50.1 Å². The number of carbonyl (C=O) groups is 2. The Balaban J connectivity index is 0.00000385. The number of benzene rings is 1. The second-order valence-electron chi connectivity index (χ2n) is 8.14. The molecular weight excluding hydrogens is 444 g/mol. The van der Waals surface area contributed by atoms with E-state index in [2.05, 4.69) is 10.3 Å². The number of nitrogens with zero attached hydrogens (tertiary/aromatic N) is 3. The van der Waals surface area contributed by atoms with Crippen LogP contribution >= 0.6 is 12.4 Å². The molecule has 1 N–H and O–H groups in total. The number of methoxy groups -OCH3 is 1. The van der Waals surface area contributed by atoms with Gasteiger partial charge in [-0.2, -0.15) is 0 Å². The third-order valence-corrected chi connectivity index (χ3v) is 4.94. The van der Waals surface area contributed by atoms with Gasteiger partial charge in [0.1, 0.15) is 5.82 Å². The highest BCUT2D eigenvalue weighted by molar-refractivity contribution is 5.93. The number of para-hydroxylation sites is 1. The Labute approximate surface area is 201 Å². The van der Waals surface area contributed by atoms with Crippen LogP contribution in [0.2, 0.25) is 0 Å². The fourth-order valence-electron chi connectivity index (χ4n) is 3.46. The molecule has 33 heavy (non-hydrogen) atoms. The van der Waals surface area contributed by atoms with E-state index in [-0.39, 0.29) is 30.3 Å². The van der Waals surface area contributed by atoms with E-state index < -0.39 is 0 Å². The van der Waals surface area contributed by atoms with E-state index in [1.54, 1.807) is 31.3 Å². The van der Waals surface area contributed by atoms with Crippen molar-refractivity contribution in [3.8, 4) is 11.5 Å². The van der Waals surface area contributed by atoms with Crippen LogP contribution in [0.15, 0.2) is 36.5 Å². The largest absolute Gasteiger partial charge is 0.493 e. The number of ether oxygens (including phenoxy) is 2. The molecule has 0 fully saturated rings. The van der Waals surface area contributed by atoms with Crippen LogP contribution in [-0.4, -0.2) is 60.5 Å². The number of likely N-dealkylation sites (N-methyl/N-ethyl adjacent to an activating group) is 2. The summed E-state index contributed by atoms with van der Waals surface area (Å²) in [5.41, 5.74) is 2.57. The first-order chi connectivity index (χ1) is 15.3. The molecule has 9 heteroatoms. The summed E-state index contributed by atoms with van der Waals surface area (Å²) in [4.78, 5) is 32.4. The summed E-state index contributed by atoms with van der Waals surface area (Å²) in [6, 6.07) is 7.58. The van der Waals surface area contributed by atoms with Gasteiger partial charge in [-0.1, -0.05) is 12.1 Å². The van der Waals surface area contributed by atoms with Crippen LogP contribution in [0.3, 0.4) is 0 Å². The van der Waals surface area contributed by atoms with Crippen molar-refractivity contribution in [2.24, 2.45) is 0 Å². The van der Waals surface area contributed by atoms with Crippen LogP contribution in [0.1, 0.15) is 30.5 Å². The lowest BCUT2D eigenvalue weighted by Crippen LogP contribution is -2.26. The summed E-state index contributed by atoms with van der Waals surface area (Å²) >= 11 is 0. The molecule has 1 aromatic carbocycles. The van der Waals surface area contributed by atoms with Crippen LogP contribution in [0.25, 0.3) is 6.08 Å². The standard InChI is InChI=1S/C24H30N4O4.ClH/c1-16(2)32-23-18(7-6-8-20(23)31-5)14-28(4)22(30)10-9-17-11-19-13-27(3)15-21(29)26-24(19)25-12-17;/h6-12,16H,13-15H2,1-5H3,(H,25,26,29);1H. The number of hydrogen-bond acceptors (Lipinski definition) is 6. The zero-order chi connectivity index (χ0) is 23.3. The number of hydrogen-bond donors (Lipinski definition) is 1. The molecule has 1 aliphatic heterocycles. The van der Waals surface area contributed by atoms with Gasteiger partial charge in [0.25, 0.3) is 0 Å². The molecule has 0 radical (unpaired) electrons. The molecule has 3 rings (SSSR count). The summed E-state index contributed by atoms with van der Waals surface area (Å²) < 4.78 is 11.4. The lowest BCUT2D eigenvalue weighted by molar-refractivity contribution is -0.125. The molecule has 178 valence electrons. The average molecular weight is 475 g/mol. The second kappa shape index (κ2) is 11.7. The molecule has 0 unspecified atom stereocenters. The highest BCUT2D eigenvalue weighted by atomic mass is 35.5. The van der Waals surface area contributed by atoms with Crippen molar-refractivity contribution in [3.63, 3.8) is 0 Å². The Morgan fingerprint density at radius 1 is 1.33 bits per heavy atom. The van der Waals surface area contributed by atoms with Gasteiger partial charge < -0.3 is 19.7 Å². The molecule has 0 atom stereocenters. The normalized spacial score (nSPS) is 13.7. The molecular formula is C24H31ClN4O4. The maximum atomic E-state index is 12.7. The van der Waals surface area contributed by atoms with Crippen molar-refractivity contribution < 1.29 is 19.1 Å². The Kier molecular flexibility index (Phi) is 9.25. The van der Waals surface area contributed by atoms with E-state index in [1.165, 1.54) is 6.08 Å². The van der Waals surface area contributed by atoms with Gasteiger partial charge in [0.05, 0.1) is 19.8 Å². The van der Waals surface area contributed by atoms with Gasteiger partial charge in [-0.15, -0.1) is 12.4 Å². The zero-order valence-corrected chi connectivity index (χ0v) is 20.4. The third kappa shape index (κ3) is 6.94. The topological polar surface area (TPSA) is 84.0 Å². The van der Waals surface area contributed by atoms with Gasteiger partial charge in [0.2, 0.25) is 11.8 Å². The van der Waals surface area contributed by atoms with Gasteiger partial charge in [-0.05, 0) is 44.7 Å². The van der Waals surface area contributed by atoms with Crippen LogP contribution in [0, 0.1) is 0 Å². The smallest absolute Gasteiger partial charge is 0.246 e. The highest BCUT2D eigenvalue weighted by Crippen LogP contribution is 2.32. The molecule has 0 saturated carbocycles. The molecule has 0 aliphatic carbocycles. The van der Waals surface area contributed by atoms with E-state index >= 15 is 0 Å². The fraction of sp³-hybridized carbons (Fsp3) is 0.375. The quantitative estimate of drug-likeness (QED) is 0.619. The van der Waals surface area contributed by atoms with Crippen molar-refractivity contribution in [2.45, 2.75) is 33.0 Å². The minimum atomic E-state index is -0.149. The van der Waals surface area contributed by atoms with Crippen LogP contribution < -0.4 is 14.8 Å². The molecule has 0 bridgehead atoms. The predicted molar refractivity (Wildman–Crippen MR) is 131 cm³/mol. The predicted octanol–water partition coefficient (Wildman–Crippen LogP) is 3.35. The number of fused-ring (bicyclic) bond motifs is 1. The number of rotatable bonds is 7. The molecule has 0 saturated heterocycles. The number of amides is 2. The highest BCUT2D eigenvalue weighted by Gasteiger charge is 2.18. The summed E-state index contributed by atoms with van der Waals surface area (Å²) in [5.74, 6) is 1.62. The molecule has 2 heterocycles. The zero-order valence-electron chi connectivity index (χ0n) is 19.6. The van der Waals surface area contributed by atoms with E-state index in [4.69, 9.17) is 9.47 Å². The van der Waals surface area contributed by atoms with Gasteiger partial charge in [0, 0.05) is 43.5 Å². The van der Waals surface area contributed by atoms with Gasteiger partial charge in [-0.25, -0.2) is 4.98 Å². The van der Waals surface area contributed by atoms with Crippen molar-refractivity contribution in [1.29, 1.82) is 0 Å². The minimum absolute atomic E-state index is 0. The van der Waals surface area contributed by atoms with Crippen LogP contribution in [0.5, 0.6) is 11.5 Å². The lowest BCUT2D eigenvalue weighted by atomic mass is 10.1. The molecule has 1 aliphatic rings. The molecule has 2 amide bonds. The number of halogens is 1. The van der Waals surface area contributed by atoms with Crippen molar-refractivity contribution >= 4 is 36.1 Å². The fourth-order valence-corrected chi connectivity index (χ4v) is 3.46. The number of carbonyl (C=O) groups excluding carboxylic acids is 2. The maximum Gasteiger partial charge on any atom is 0.246 e. The average Bonchev–Trinajstić information content (AvgIpc) is 2.88. The second-order valence-corrected chi connectivity index (χ2v) is 8.14. The van der Waals surface area contributed by atoms with Gasteiger partial charge in [-0.3, -0.25) is 14.5 Å². The molecule has 1 aromatic heterocycles. The van der Waals surface area contributed by atoms with E-state index in [0.29, 0.717) is 37.0 Å². The van der Waals surface area contributed by atoms with Crippen molar-refractivity contribution in [1.82, 2.24) is 14.8 Å². The number of anilines is 1. The SMILES string of the molecule is COc1cccc(CN(C)C(=O)C=Cc2cnc3c(c2)CN(C)CC(=O)N3)c1OC(C)C.Cl. The number of nitrogens with one attached hydrogen (secondary N) is 1. The maximum absolute atomic E-state index is 12.7. The Bertz CT molecular complexity index is 1030. The Hall–Kier alpha value is -3.10. The third-order valence-electron chi connectivity index (χ3n) is 4.94. The van der Waals surface area contributed by atoms with E-state index in [9.17, 15) is 9.59 Å². The summed E-state index contributed by atoms with van der Waals surface area (Å²) in [5, 5.41) is 2.81. The molecule has 8 nitrogen and oxygen atoms in total. The monoisotopic (exact) mass is 474 g/mol. The van der Waals surface area contributed by atoms with Crippen molar-refractivity contribution in [3.05, 3.63) is 53.2 Å². The van der Waals surface area contributed by atoms with E-state index in [0.717, 1.165) is 16.7 Å². The van der Waals surface area contributed by atoms with Crippen LogP contribution in [0.4, 0.5) is 5.82 Å². The first-order valence-electron chi connectivity index (χ1n) is 10.5. The Morgan fingerprint density at radius 2 is 2.09 bits per heavy atom. The van der Waals surface area contributed by atoms with Crippen molar-refractivity contribution in [2.75, 3.05) is 33.1 Å². The first kappa shape index (κ1) is 26.2. The first-order valence-corrected chi connectivity index (χ1v) is 10.5. The molecule has 0 spiro atoms. The summed E-state index contributed by atoms with van der Waals surface area (Å²) in [7, 11) is 5.22. The van der Waals surface area contributed by atoms with Crippen LogP contribution in [-0.2, 0) is 22.7 Å². The summed E-state index contributed by atoms with van der Waals surface area (Å²) in [6.07, 6.45) is 4.88. The van der Waals surface area contributed by atoms with Gasteiger partial charge in [0.15, 0.2) is 11.5 Å². The van der Waals surface area contributed by atoms with Gasteiger partial charge >= 0.3 is 0 Å². The number of pyridine rings is 1. The minimum Gasteiger partial charge on any atom is -0.493 e. The summed E-state index contributed by atoms with van der Waals surface area (Å²) in [6.45, 7) is 5.20. The Morgan fingerprint density at radius 3 is 2.79 bits per heavy atom. The molecule has 2 aromatic rings. The lowest BCUT2D eigenvalue weighted by Gasteiger charge is -2.21.